The lowest BCUT2D eigenvalue weighted by atomic mass is 10.2. The van der Waals surface area contributed by atoms with E-state index in [1.54, 1.807) is 6.20 Å². The first kappa shape index (κ1) is 11.0. The number of hydrogen-bond acceptors (Lipinski definition) is 5. The summed E-state index contributed by atoms with van der Waals surface area (Å²) in [6.07, 6.45) is 4.08. The van der Waals surface area contributed by atoms with Crippen molar-refractivity contribution in [3.05, 3.63) is 36.0 Å². The summed E-state index contributed by atoms with van der Waals surface area (Å²) < 4.78 is 0. The Hall–Kier alpha value is -2.17. The molecule has 1 aromatic heterocycles. The molecule has 1 aromatic carbocycles. The van der Waals surface area contributed by atoms with Gasteiger partial charge in [0.1, 0.15) is 0 Å². The van der Waals surface area contributed by atoms with E-state index in [4.69, 9.17) is 0 Å². The van der Waals surface area contributed by atoms with Crippen LogP contribution < -0.4 is 10.6 Å². The molecule has 0 atom stereocenters. The van der Waals surface area contributed by atoms with Crippen molar-refractivity contribution < 1.29 is 0 Å². The van der Waals surface area contributed by atoms with Crippen LogP contribution in [0.3, 0.4) is 0 Å². The summed E-state index contributed by atoms with van der Waals surface area (Å²) in [5.41, 5.74) is 2.16. The van der Waals surface area contributed by atoms with Crippen LogP contribution in [0, 0.1) is 6.92 Å². The third-order valence-corrected chi connectivity index (χ3v) is 2.88. The van der Waals surface area contributed by atoms with Gasteiger partial charge in [-0.15, -0.1) is 5.10 Å². The largest absolute Gasteiger partial charge is 0.366 e. The highest BCUT2D eigenvalue weighted by Crippen LogP contribution is 2.24. The predicted octanol–water partition coefficient (Wildman–Crippen LogP) is 2.50. The topological polar surface area (TPSA) is 62.7 Å². The molecule has 2 N–H and O–H groups in total. The third-order valence-electron chi connectivity index (χ3n) is 2.88. The minimum Gasteiger partial charge on any atom is -0.366 e. The van der Waals surface area contributed by atoms with E-state index < -0.39 is 0 Å². The summed E-state index contributed by atoms with van der Waals surface area (Å²) in [5, 5.41) is 14.4. The Morgan fingerprint density at radius 1 is 1.22 bits per heavy atom. The summed E-state index contributed by atoms with van der Waals surface area (Å²) in [4.78, 5) is 4.39. The van der Waals surface area contributed by atoms with Gasteiger partial charge in [-0.3, -0.25) is 0 Å². The maximum Gasteiger partial charge on any atom is 0.249 e. The molecule has 5 nitrogen and oxygen atoms in total. The highest BCUT2D eigenvalue weighted by molar-refractivity contribution is 5.58. The number of anilines is 3. The van der Waals surface area contributed by atoms with E-state index in [-0.39, 0.29) is 0 Å². The molecule has 1 fully saturated rings. The molecular weight excluding hydrogens is 226 g/mol. The molecule has 2 aromatic rings. The van der Waals surface area contributed by atoms with Gasteiger partial charge in [0.25, 0.3) is 0 Å². The molecule has 0 aliphatic heterocycles. The fourth-order valence-corrected chi connectivity index (χ4v) is 1.70. The van der Waals surface area contributed by atoms with Crippen LogP contribution >= 0.6 is 0 Å². The third kappa shape index (κ3) is 2.56. The Balaban J connectivity index is 1.77. The molecule has 0 unspecified atom stereocenters. The van der Waals surface area contributed by atoms with E-state index in [0.29, 0.717) is 12.0 Å². The van der Waals surface area contributed by atoms with Crippen molar-refractivity contribution in [3.63, 3.8) is 0 Å². The van der Waals surface area contributed by atoms with Crippen LogP contribution in [0.4, 0.5) is 17.5 Å². The first-order valence-electron chi connectivity index (χ1n) is 6.10. The van der Waals surface area contributed by atoms with E-state index in [1.165, 1.54) is 12.8 Å². The van der Waals surface area contributed by atoms with Crippen LogP contribution in [0.15, 0.2) is 30.5 Å². The molecule has 0 spiro atoms. The zero-order valence-corrected chi connectivity index (χ0v) is 10.2. The molecular formula is C13H15N5. The minimum absolute atomic E-state index is 0.523. The fourth-order valence-electron chi connectivity index (χ4n) is 1.70. The van der Waals surface area contributed by atoms with Gasteiger partial charge in [0.05, 0.1) is 6.20 Å². The Kier molecular flexibility index (Phi) is 2.80. The van der Waals surface area contributed by atoms with Crippen molar-refractivity contribution in [2.24, 2.45) is 0 Å². The number of para-hydroxylation sites is 1. The number of nitrogens with one attached hydrogen (secondary N) is 2. The lowest BCUT2D eigenvalue weighted by Crippen LogP contribution is -2.07. The molecule has 0 bridgehead atoms. The normalized spacial score (nSPS) is 14.3. The van der Waals surface area contributed by atoms with Gasteiger partial charge in [-0.25, -0.2) is 0 Å². The lowest BCUT2D eigenvalue weighted by molar-refractivity contribution is 0.964. The van der Waals surface area contributed by atoms with Crippen LogP contribution in [0.2, 0.25) is 0 Å². The smallest absolute Gasteiger partial charge is 0.249 e. The van der Waals surface area contributed by atoms with Crippen molar-refractivity contribution in [3.8, 4) is 0 Å². The zero-order chi connectivity index (χ0) is 12.4. The highest BCUT2D eigenvalue weighted by atomic mass is 15.3. The molecule has 1 aliphatic carbocycles. The van der Waals surface area contributed by atoms with Gasteiger partial charge >= 0.3 is 0 Å². The Bertz CT molecular complexity index is 551. The quantitative estimate of drug-likeness (QED) is 0.861. The van der Waals surface area contributed by atoms with Crippen LogP contribution in [-0.4, -0.2) is 21.2 Å². The van der Waals surface area contributed by atoms with Crippen molar-refractivity contribution in [2.45, 2.75) is 25.8 Å². The van der Waals surface area contributed by atoms with Crippen molar-refractivity contribution in [1.29, 1.82) is 0 Å². The van der Waals surface area contributed by atoms with Gasteiger partial charge in [-0.05, 0) is 31.4 Å². The standard InChI is InChI=1S/C13H15N5/c1-9-4-2-3-5-11(9)16-13-17-12(8-14-18-13)15-10-6-7-10/h2-5,8,10H,6-7H2,1H3,(H2,15,16,17,18). The van der Waals surface area contributed by atoms with Crippen molar-refractivity contribution in [2.75, 3.05) is 10.6 Å². The zero-order valence-electron chi connectivity index (χ0n) is 10.2. The van der Waals surface area contributed by atoms with Gasteiger partial charge in [-0.1, -0.05) is 18.2 Å². The maximum atomic E-state index is 4.39. The maximum absolute atomic E-state index is 4.39. The second kappa shape index (κ2) is 4.60. The molecule has 1 aliphatic rings. The summed E-state index contributed by atoms with van der Waals surface area (Å²) in [6.45, 7) is 2.04. The molecule has 1 saturated carbocycles. The minimum atomic E-state index is 0.523. The number of nitrogens with zero attached hydrogens (tertiary/aromatic N) is 3. The predicted molar refractivity (Wildman–Crippen MR) is 70.9 cm³/mol. The monoisotopic (exact) mass is 241 g/mol. The SMILES string of the molecule is Cc1ccccc1Nc1nncc(NC2CC2)n1. The Morgan fingerprint density at radius 3 is 2.83 bits per heavy atom. The van der Waals surface area contributed by atoms with Gasteiger partial charge in [0, 0.05) is 11.7 Å². The molecule has 0 amide bonds. The van der Waals surface area contributed by atoms with Crippen LogP contribution in [0.1, 0.15) is 18.4 Å². The molecule has 1 heterocycles. The molecule has 0 saturated heterocycles. The Labute approximate surface area is 106 Å². The van der Waals surface area contributed by atoms with Crippen molar-refractivity contribution >= 4 is 17.5 Å². The summed E-state index contributed by atoms with van der Waals surface area (Å²) in [5.74, 6) is 1.30. The lowest BCUT2D eigenvalue weighted by Gasteiger charge is -2.08. The molecule has 0 radical (unpaired) electrons. The first-order chi connectivity index (χ1) is 8.81. The van der Waals surface area contributed by atoms with E-state index in [2.05, 4.69) is 25.8 Å². The molecule has 3 rings (SSSR count). The van der Waals surface area contributed by atoms with E-state index >= 15 is 0 Å². The van der Waals surface area contributed by atoms with E-state index in [0.717, 1.165) is 17.1 Å². The first-order valence-corrected chi connectivity index (χ1v) is 6.10. The number of hydrogen-bond donors (Lipinski definition) is 2. The Morgan fingerprint density at radius 2 is 2.06 bits per heavy atom. The molecule has 92 valence electrons. The second-order valence-corrected chi connectivity index (χ2v) is 4.52. The van der Waals surface area contributed by atoms with Gasteiger partial charge in [-0.2, -0.15) is 10.1 Å². The van der Waals surface area contributed by atoms with E-state index in [9.17, 15) is 0 Å². The second-order valence-electron chi connectivity index (χ2n) is 4.52. The average Bonchev–Trinajstić information content (AvgIpc) is 3.17. The molecule has 18 heavy (non-hydrogen) atoms. The number of benzene rings is 1. The number of aryl methyl sites for hydroxylation is 1. The number of aromatic nitrogens is 3. The van der Waals surface area contributed by atoms with Crippen LogP contribution in [0.5, 0.6) is 0 Å². The molecule has 5 heteroatoms. The highest BCUT2D eigenvalue weighted by Gasteiger charge is 2.21. The van der Waals surface area contributed by atoms with E-state index in [1.807, 2.05) is 31.2 Å². The van der Waals surface area contributed by atoms with Crippen LogP contribution in [0.25, 0.3) is 0 Å². The number of rotatable bonds is 4. The van der Waals surface area contributed by atoms with Crippen molar-refractivity contribution in [1.82, 2.24) is 15.2 Å². The summed E-state index contributed by atoms with van der Waals surface area (Å²) >= 11 is 0. The fraction of sp³-hybridized carbons (Fsp3) is 0.308. The van der Waals surface area contributed by atoms with Crippen LogP contribution in [-0.2, 0) is 0 Å². The van der Waals surface area contributed by atoms with Gasteiger partial charge in [0.15, 0.2) is 5.82 Å². The summed E-state index contributed by atoms with van der Waals surface area (Å²) in [6, 6.07) is 8.59. The summed E-state index contributed by atoms with van der Waals surface area (Å²) in [7, 11) is 0. The van der Waals surface area contributed by atoms with Gasteiger partial charge in [0.2, 0.25) is 5.95 Å². The average molecular weight is 241 g/mol. The van der Waals surface area contributed by atoms with Gasteiger partial charge < -0.3 is 10.6 Å².